The van der Waals surface area contributed by atoms with E-state index in [1.165, 1.54) is 0 Å². The van der Waals surface area contributed by atoms with Crippen LogP contribution in [-0.2, 0) is 9.47 Å². The van der Waals surface area contributed by atoms with Gasteiger partial charge in [0.05, 0.1) is 6.10 Å². The summed E-state index contributed by atoms with van der Waals surface area (Å²) in [5.74, 6) is 0.848. The van der Waals surface area contributed by atoms with Gasteiger partial charge in [-0.05, 0) is 53.0 Å². The molecule has 2 unspecified atom stereocenters. The Balaban J connectivity index is 4.05. The van der Waals surface area contributed by atoms with Crippen LogP contribution in [0.1, 0.15) is 48.5 Å². The van der Waals surface area contributed by atoms with Gasteiger partial charge in [-0.1, -0.05) is 13.8 Å². The Kier molecular flexibility index (Phi) is 9.62. The van der Waals surface area contributed by atoms with Crippen molar-refractivity contribution in [2.75, 3.05) is 26.2 Å². The van der Waals surface area contributed by atoms with E-state index in [2.05, 4.69) is 31.4 Å². The zero-order valence-electron chi connectivity index (χ0n) is 14.8. The third-order valence-electron chi connectivity index (χ3n) is 3.14. The van der Waals surface area contributed by atoms with E-state index in [9.17, 15) is 4.79 Å². The van der Waals surface area contributed by atoms with E-state index in [1.807, 2.05) is 27.7 Å². The van der Waals surface area contributed by atoms with Crippen molar-refractivity contribution < 1.29 is 14.3 Å². The molecule has 2 N–H and O–H groups in total. The number of hydrogen-bond donors (Lipinski definition) is 2. The molecule has 126 valence electrons. The molecule has 0 aliphatic rings. The van der Waals surface area contributed by atoms with Crippen molar-refractivity contribution in [2.45, 2.75) is 60.2 Å². The van der Waals surface area contributed by atoms with E-state index in [0.29, 0.717) is 18.4 Å². The van der Waals surface area contributed by atoms with Gasteiger partial charge in [0.25, 0.3) is 0 Å². The standard InChI is InChI=1S/C16H34N2O3/c1-8-20-13(4)9-17-10-14(12(2)3)11-18-15(19)21-16(5,6)7/h12-14,17H,8-11H2,1-7H3,(H,18,19). The second-order valence-electron chi connectivity index (χ2n) is 6.81. The van der Waals surface area contributed by atoms with Crippen LogP contribution in [0.5, 0.6) is 0 Å². The molecule has 0 rings (SSSR count). The molecule has 0 aliphatic heterocycles. The number of alkyl carbamates (subject to hydrolysis) is 1. The van der Waals surface area contributed by atoms with Crippen molar-refractivity contribution in [1.29, 1.82) is 0 Å². The first-order chi connectivity index (χ1) is 9.65. The Labute approximate surface area is 130 Å². The van der Waals surface area contributed by atoms with E-state index in [0.717, 1.165) is 19.7 Å². The minimum Gasteiger partial charge on any atom is -0.444 e. The Bertz CT molecular complexity index is 288. The Morgan fingerprint density at radius 2 is 1.71 bits per heavy atom. The molecule has 1 amide bonds. The maximum absolute atomic E-state index is 11.7. The minimum atomic E-state index is -0.456. The lowest BCUT2D eigenvalue weighted by molar-refractivity contribution is 0.0511. The van der Waals surface area contributed by atoms with Crippen LogP contribution < -0.4 is 10.6 Å². The largest absolute Gasteiger partial charge is 0.444 e. The maximum atomic E-state index is 11.7. The highest BCUT2D eigenvalue weighted by Gasteiger charge is 2.19. The number of ether oxygens (including phenoxy) is 2. The molecular formula is C16H34N2O3. The van der Waals surface area contributed by atoms with E-state index in [1.54, 1.807) is 0 Å². The molecule has 5 nitrogen and oxygen atoms in total. The van der Waals surface area contributed by atoms with Crippen LogP contribution in [0.2, 0.25) is 0 Å². The summed E-state index contributed by atoms with van der Waals surface area (Å²) in [7, 11) is 0. The number of rotatable bonds is 9. The van der Waals surface area contributed by atoms with E-state index in [-0.39, 0.29) is 12.2 Å². The van der Waals surface area contributed by atoms with Crippen LogP contribution in [0.3, 0.4) is 0 Å². The predicted octanol–water partition coefficient (Wildman–Crippen LogP) is 2.80. The highest BCUT2D eigenvalue weighted by atomic mass is 16.6. The van der Waals surface area contributed by atoms with Gasteiger partial charge in [0.2, 0.25) is 0 Å². The summed E-state index contributed by atoms with van der Waals surface area (Å²) in [6.45, 7) is 17.0. The number of hydrogen-bond acceptors (Lipinski definition) is 4. The van der Waals surface area contributed by atoms with Crippen LogP contribution >= 0.6 is 0 Å². The van der Waals surface area contributed by atoms with Gasteiger partial charge in [-0.25, -0.2) is 4.79 Å². The second kappa shape index (κ2) is 10.0. The number of carbonyl (C=O) groups excluding carboxylic acids is 1. The first-order valence-electron chi connectivity index (χ1n) is 7.94. The van der Waals surface area contributed by atoms with Crippen molar-refractivity contribution in [3.05, 3.63) is 0 Å². The Morgan fingerprint density at radius 1 is 1.10 bits per heavy atom. The van der Waals surface area contributed by atoms with Crippen LogP contribution in [0.25, 0.3) is 0 Å². The van der Waals surface area contributed by atoms with Gasteiger partial charge in [-0.15, -0.1) is 0 Å². The number of carbonyl (C=O) groups is 1. The van der Waals surface area contributed by atoms with Crippen molar-refractivity contribution in [1.82, 2.24) is 10.6 Å². The molecule has 0 spiro atoms. The highest BCUT2D eigenvalue weighted by Crippen LogP contribution is 2.10. The fraction of sp³-hybridized carbons (Fsp3) is 0.938. The van der Waals surface area contributed by atoms with Gasteiger partial charge >= 0.3 is 6.09 Å². The summed E-state index contributed by atoms with van der Waals surface area (Å²) >= 11 is 0. The quantitative estimate of drug-likeness (QED) is 0.687. The molecule has 5 heteroatoms. The fourth-order valence-electron chi connectivity index (χ4n) is 1.89. The molecule has 2 atom stereocenters. The van der Waals surface area contributed by atoms with Gasteiger partial charge in [0, 0.05) is 19.7 Å². The summed E-state index contributed by atoms with van der Waals surface area (Å²) < 4.78 is 10.7. The van der Waals surface area contributed by atoms with E-state index < -0.39 is 5.60 Å². The smallest absolute Gasteiger partial charge is 0.407 e. The summed E-state index contributed by atoms with van der Waals surface area (Å²) in [4.78, 5) is 11.7. The molecular weight excluding hydrogens is 268 g/mol. The molecule has 0 bridgehead atoms. The maximum Gasteiger partial charge on any atom is 0.407 e. The normalized spacial score (nSPS) is 14.9. The third kappa shape index (κ3) is 11.5. The van der Waals surface area contributed by atoms with Crippen LogP contribution in [0, 0.1) is 11.8 Å². The van der Waals surface area contributed by atoms with Gasteiger partial charge < -0.3 is 20.1 Å². The highest BCUT2D eigenvalue weighted by molar-refractivity contribution is 5.67. The summed E-state index contributed by atoms with van der Waals surface area (Å²) in [5, 5.41) is 6.26. The van der Waals surface area contributed by atoms with Gasteiger partial charge in [0.1, 0.15) is 5.60 Å². The van der Waals surface area contributed by atoms with Crippen molar-refractivity contribution in [3.63, 3.8) is 0 Å². The molecule has 0 fully saturated rings. The van der Waals surface area contributed by atoms with Crippen molar-refractivity contribution in [3.8, 4) is 0 Å². The average molecular weight is 302 g/mol. The molecule has 0 aliphatic carbocycles. The summed E-state index contributed by atoms with van der Waals surface area (Å²) in [6, 6.07) is 0. The van der Waals surface area contributed by atoms with Crippen LogP contribution in [-0.4, -0.2) is 44.0 Å². The van der Waals surface area contributed by atoms with Gasteiger partial charge in [0.15, 0.2) is 0 Å². The zero-order valence-corrected chi connectivity index (χ0v) is 14.8. The molecule has 0 aromatic carbocycles. The van der Waals surface area contributed by atoms with Crippen molar-refractivity contribution >= 4 is 6.09 Å². The molecule has 0 heterocycles. The molecule has 21 heavy (non-hydrogen) atoms. The monoisotopic (exact) mass is 302 g/mol. The van der Waals surface area contributed by atoms with E-state index in [4.69, 9.17) is 9.47 Å². The summed E-state index contributed by atoms with van der Waals surface area (Å²) in [5.41, 5.74) is -0.456. The molecule has 0 radical (unpaired) electrons. The number of amides is 1. The van der Waals surface area contributed by atoms with E-state index >= 15 is 0 Å². The molecule has 0 aromatic heterocycles. The Hall–Kier alpha value is -0.810. The lowest BCUT2D eigenvalue weighted by Gasteiger charge is -2.24. The van der Waals surface area contributed by atoms with Crippen LogP contribution in [0.15, 0.2) is 0 Å². The lowest BCUT2D eigenvalue weighted by atomic mass is 9.96. The second-order valence-corrected chi connectivity index (χ2v) is 6.81. The lowest BCUT2D eigenvalue weighted by Crippen LogP contribution is -2.40. The van der Waals surface area contributed by atoms with Crippen LogP contribution in [0.4, 0.5) is 4.79 Å². The average Bonchev–Trinajstić information content (AvgIpc) is 2.31. The third-order valence-corrected chi connectivity index (χ3v) is 3.14. The topological polar surface area (TPSA) is 59.6 Å². The first-order valence-corrected chi connectivity index (χ1v) is 7.94. The first kappa shape index (κ1) is 20.2. The summed E-state index contributed by atoms with van der Waals surface area (Å²) in [6.07, 6.45) is -0.141. The minimum absolute atomic E-state index is 0.210. The van der Waals surface area contributed by atoms with Gasteiger partial charge in [-0.3, -0.25) is 0 Å². The fourth-order valence-corrected chi connectivity index (χ4v) is 1.89. The van der Waals surface area contributed by atoms with Crippen molar-refractivity contribution in [2.24, 2.45) is 11.8 Å². The number of nitrogens with one attached hydrogen (secondary N) is 2. The van der Waals surface area contributed by atoms with Gasteiger partial charge in [-0.2, -0.15) is 0 Å². The molecule has 0 saturated carbocycles. The Morgan fingerprint density at radius 3 is 2.19 bits per heavy atom. The molecule has 0 aromatic rings. The predicted molar refractivity (Wildman–Crippen MR) is 86.5 cm³/mol. The molecule has 0 saturated heterocycles. The zero-order chi connectivity index (χ0) is 16.5. The SMILES string of the molecule is CCOC(C)CNCC(CNC(=O)OC(C)(C)C)C(C)C.